The first-order valence-corrected chi connectivity index (χ1v) is 10.5. The molecule has 5 nitrogen and oxygen atoms in total. The maximum absolute atomic E-state index is 12.9. The van der Waals surface area contributed by atoms with E-state index in [1.54, 1.807) is 10.4 Å². The largest absolute Gasteiger partial charge is 0.382 e. The van der Waals surface area contributed by atoms with Crippen LogP contribution in [0.1, 0.15) is 22.8 Å². The maximum atomic E-state index is 12.9. The van der Waals surface area contributed by atoms with Crippen LogP contribution in [0, 0.1) is 13.8 Å². The molecule has 26 heavy (non-hydrogen) atoms. The highest BCUT2D eigenvalue weighted by atomic mass is 32.2. The summed E-state index contributed by atoms with van der Waals surface area (Å²) in [5.74, 6) is 0. The van der Waals surface area contributed by atoms with Gasteiger partial charge in [-0.05, 0) is 31.0 Å². The van der Waals surface area contributed by atoms with Gasteiger partial charge in [0.2, 0.25) is 10.0 Å². The zero-order valence-corrected chi connectivity index (χ0v) is 16.2. The van der Waals surface area contributed by atoms with E-state index in [9.17, 15) is 13.5 Å². The SMILES string of the molecule is Cc1ccc(S(=O)(=O)N2CC[NH+](C[C@H](O)c3ccccc3)CC2)c(C)c1. The van der Waals surface area contributed by atoms with Crippen molar-refractivity contribution in [1.29, 1.82) is 0 Å². The van der Waals surface area contributed by atoms with Gasteiger partial charge in [0.15, 0.2) is 0 Å². The number of sulfonamides is 1. The summed E-state index contributed by atoms with van der Waals surface area (Å²) >= 11 is 0. The van der Waals surface area contributed by atoms with Crippen LogP contribution in [0.15, 0.2) is 53.4 Å². The van der Waals surface area contributed by atoms with Gasteiger partial charge in [-0.25, -0.2) is 8.42 Å². The fraction of sp³-hybridized carbons (Fsp3) is 0.400. The predicted octanol–water partition coefficient (Wildman–Crippen LogP) is 0.926. The maximum Gasteiger partial charge on any atom is 0.243 e. The molecule has 2 N–H and O–H groups in total. The second kappa shape index (κ2) is 7.88. The molecule has 0 radical (unpaired) electrons. The number of rotatable bonds is 5. The van der Waals surface area contributed by atoms with E-state index in [4.69, 9.17) is 0 Å². The lowest BCUT2D eigenvalue weighted by Gasteiger charge is -2.32. The molecule has 0 bridgehead atoms. The molecule has 2 aromatic carbocycles. The summed E-state index contributed by atoms with van der Waals surface area (Å²) in [5.41, 5.74) is 2.76. The van der Waals surface area contributed by atoms with Gasteiger partial charge < -0.3 is 10.0 Å². The molecule has 1 aliphatic heterocycles. The Labute approximate surface area is 155 Å². The Morgan fingerprint density at radius 2 is 1.73 bits per heavy atom. The van der Waals surface area contributed by atoms with Crippen molar-refractivity contribution in [2.75, 3.05) is 32.7 Å². The van der Waals surface area contributed by atoms with Crippen molar-refractivity contribution in [2.24, 2.45) is 0 Å². The van der Waals surface area contributed by atoms with Crippen LogP contribution in [0.25, 0.3) is 0 Å². The number of quaternary nitrogens is 1. The van der Waals surface area contributed by atoms with E-state index in [0.29, 0.717) is 37.6 Å². The van der Waals surface area contributed by atoms with E-state index in [1.807, 2.05) is 56.3 Å². The fourth-order valence-electron chi connectivity index (χ4n) is 3.54. The topological polar surface area (TPSA) is 62.0 Å². The van der Waals surface area contributed by atoms with Crippen LogP contribution < -0.4 is 4.90 Å². The van der Waals surface area contributed by atoms with Crippen molar-refractivity contribution in [3.05, 3.63) is 65.2 Å². The van der Waals surface area contributed by atoms with Crippen LogP contribution in [0.3, 0.4) is 0 Å². The molecule has 2 aromatic rings. The standard InChI is InChI=1S/C20H26N2O3S/c1-16-8-9-20(17(2)14-16)26(24,25)22-12-10-21(11-13-22)15-19(23)18-6-4-3-5-7-18/h3-9,14,19,23H,10-13,15H2,1-2H3/p+1/t19-/m0/s1. The average molecular weight is 376 g/mol. The number of piperazine rings is 1. The number of aliphatic hydroxyl groups is 1. The minimum absolute atomic E-state index is 0.399. The molecule has 0 unspecified atom stereocenters. The average Bonchev–Trinajstić information content (AvgIpc) is 2.62. The summed E-state index contributed by atoms with van der Waals surface area (Å²) in [5, 5.41) is 10.4. The Morgan fingerprint density at radius 1 is 1.08 bits per heavy atom. The number of hydrogen-bond acceptors (Lipinski definition) is 3. The van der Waals surface area contributed by atoms with Crippen molar-refractivity contribution >= 4 is 10.0 Å². The van der Waals surface area contributed by atoms with Crippen molar-refractivity contribution in [2.45, 2.75) is 24.8 Å². The number of nitrogens with zero attached hydrogens (tertiary/aromatic N) is 1. The highest BCUT2D eigenvalue weighted by Crippen LogP contribution is 2.21. The first kappa shape index (κ1) is 19.0. The van der Waals surface area contributed by atoms with E-state index in [1.165, 1.54) is 4.90 Å². The molecule has 1 saturated heterocycles. The molecule has 0 aromatic heterocycles. The minimum Gasteiger partial charge on any atom is -0.382 e. The van der Waals surface area contributed by atoms with Gasteiger partial charge in [-0.15, -0.1) is 0 Å². The van der Waals surface area contributed by atoms with E-state index in [2.05, 4.69) is 0 Å². The molecule has 3 rings (SSSR count). The van der Waals surface area contributed by atoms with E-state index in [-0.39, 0.29) is 0 Å². The number of nitrogens with one attached hydrogen (secondary N) is 1. The number of benzene rings is 2. The molecular formula is C20H27N2O3S+. The van der Waals surface area contributed by atoms with Crippen LogP contribution in [-0.4, -0.2) is 50.6 Å². The summed E-state index contributed by atoms with van der Waals surface area (Å²) in [6.45, 7) is 6.77. The summed E-state index contributed by atoms with van der Waals surface area (Å²) < 4.78 is 27.4. The Morgan fingerprint density at radius 3 is 2.35 bits per heavy atom. The Kier molecular flexibility index (Phi) is 5.77. The molecule has 0 spiro atoms. The van der Waals surface area contributed by atoms with Gasteiger partial charge in [0.25, 0.3) is 0 Å². The lowest BCUT2D eigenvalue weighted by Crippen LogP contribution is -3.15. The van der Waals surface area contributed by atoms with Gasteiger partial charge in [-0.1, -0.05) is 48.0 Å². The second-order valence-electron chi connectivity index (χ2n) is 7.05. The fourth-order valence-corrected chi connectivity index (χ4v) is 5.19. The third-order valence-electron chi connectivity index (χ3n) is 5.04. The Balaban J connectivity index is 1.63. The van der Waals surface area contributed by atoms with Crippen molar-refractivity contribution in [1.82, 2.24) is 4.31 Å². The summed E-state index contributed by atoms with van der Waals surface area (Å²) in [6, 6.07) is 15.1. The minimum atomic E-state index is -3.46. The normalized spacial score (nSPS) is 18.0. The highest BCUT2D eigenvalue weighted by molar-refractivity contribution is 7.89. The smallest absolute Gasteiger partial charge is 0.243 e. The van der Waals surface area contributed by atoms with Crippen LogP contribution in [0.5, 0.6) is 0 Å². The third kappa shape index (κ3) is 4.15. The molecule has 0 saturated carbocycles. The van der Waals surface area contributed by atoms with Gasteiger partial charge in [-0.2, -0.15) is 4.31 Å². The zero-order chi connectivity index (χ0) is 18.7. The number of hydrogen-bond donors (Lipinski definition) is 2. The van der Waals surface area contributed by atoms with E-state index >= 15 is 0 Å². The second-order valence-corrected chi connectivity index (χ2v) is 8.96. The molecule has 1 aliphatic rings. The Bertz CT molecular complexity index is 845. The van der Waals surface area contributed by atoms with Crippen LogP contribution in [0.4, 0.5) is 0 Å². The monoisotopic (exact) mass is 375 g/mol. The van der Waals surface area contributed by atoms with E-state index in [0.717, 1.165) is 16.7 Å². The molecule has 140 valence electrons. The molecule has 1 fully saturated rings. The van der Waals surface area contributed by atoms with E-state index < -0.39 is 16.1 Å². The summed E-state index contributed by atoms with van der Waals surface area (Å²) in [4.78, 5) is 1.63. The third-order valence-corrected chi connectivity index (χ3v) is 7.10. The van der Waals surface area contributed by atoms with Crippen LogP contribution >= 0.6 is 0 Å². The zero-order valence-electron chi connectivity index (χ0n) is 15.4. The Hall–Kier alpha value is -1.73. The molecule has 1 heterocycles. The van der Waals surface area contributed by atoms with Crippen LogP contribution in [0.2, 0.25) is 0 Å². The summed E-state index contributed by atoms with van der Waals surface area (Å²) in [7, 11) is -3.46. The van der Waals surface area contributed by atoms with Crippen molar-refractivity contribution in [3.63, 3.8) is 0 Å². The van der Waals surface area contributed by atoms with Gasteiger partial charge in [-0.3, -0.25) is 0 Å². The molecule has 1 atom stereocenters. The van der Waals surface area contributed by atoms with Gasteiger partial charge in [0, 0.05) is 0 Å². The van der Waals surface area contributed by atoms with Gasteiger partial charge >= 0.3 is 0 Å². The van der Waals surface area contributed by atoms with Crippen LogP contribution in [-0.2, 0) is 10.0 Å². The molecular weight excluding hydrogens is 348 g/mol. The molecule has 0 amide bonds. The molecule has 0 aliphatic carbocycles. The summed E-state index contributed by atoms with van der Waals surface area (Å²) in [6.07, 6.45) is -0.520. The first-order valence-electron chi connectivity index (χ1n) is 9.02. The lowest BCUT2D eigenvalue weighted by atomic mass is 10.1. The highest BCUT2D eigenvalue weighted by Gasteiger charge is 2.32. The molecule has 6 heteroatoms. The van der Waals surface area contributed by atoms with Gasteiger partial charge in [0.1, 0.15) is 12.6 Å². The predicted molar refractivity (Wildman–Crippen MR) is 102 cm³/mol. The number of aryl methyl sites for hydroxylation is 2. The lowest BCUT2D eigenvalue weighted by molar-refractivity contribution is -0.907. The van der Waals surface area contributed by atoms with Crippen molar-refractivity contribution in [3.8, 4) is 0 Å². The number of aliphatic hydroxyl groups excluding tert-OH is 1. The first-order chi connectivity index (χ1) is 12.4. The van der Waals surface area contributed by atoms with Crippen molar-refractivity contribution < 1.29 is 18.4 Å². The quantitative estimate of drug-likeness (QED) is 0.817. The van der Waals surface area contributed by atoms with Gasteiger partial charge in [0.05, 0.1) is 31.1 Å².